The summed E-state index contributed by atoms with van der Waals surface area (Å²) < 4.78 is 46.2. The Morgan fingerprint density at radius 2 is 1.34 bits per heavy atom. The molecular formula is C62H65FN10O5Si2. The second-order valence-corrected chi connectivity index (χ2v) is 30.1. The number of nitrogens with zero attached hydrogens (tertiary/aromatic N) is 9. The van der Waals surface area contributed by atoms with E-state index in [1.54, 1.807) is 18.7 Å². The molecule has 2 unspecified atom stereocenters. The van der Waals surface area contributed by atoms with Gasteiger partial charge in [-0.1, -0.05) is 166 Å². The number of ether oxygens (including phenoxy) is 2. The zero-order chi connectivity index (χ0) is 55.0. The van der Waals surface area contributed by atoms with Gasteiger partial charge in [0.15, 0.2) is 28.4 Å². The molecule has 6 heterocycles. The Morgan fingerprint density at radius 1 is 0.700 bits per heavy atom. The summed E-state index contributed by atoms with van der Waals surface area (Å²) in [6.45, 7) is 7.80. The van der Waals surface area contributed by atoms with Gasteiger partial charge in [0, 0.05) is 25.6 Å². The van der Waals surface area contributed by atoms with Gasteiger partial charge in [0.1, 0.15) is 42.5 Å². The number of hydrogen-bond donors (Lipinski definition) is 2. The molecule has 3 N–H and O–H groups in total. The molecule has 5 aromatic carbocycles. The summed E-state index contributed by atoms with van der Waals surface area (Å²) in [5.74, 6) is 0.665. The highest BCUT2D eigenvalue weighted by molar-refractivity contribution is 7.00. The normalized spacial score (nSPS) is 21.2. The van der Waals surface area contributed by atoms with Gasteiger partial charge in [-0.3, -0.25) is 9.13 Å². The third-order valence-electron chi connectivity index (χ3n) is 16.2. The number of anilines is 2. The van der Waals surface area contributed by atoms with E-state index >= 15 is 0 Å². The Hall–Kier alpha value is -7.56. The molecule has 0 spiro atoms. The summed E-state index contributed by atoms with van der Waals surface area (Å²) in [6.07, 6.45) is 13.8. The number of allylic oxidation sites excluding steroid dienone is 4. The third-order valence-corrected chi connectivity index (χ3v) is 25.6. The largest absolute Gasteiger partial charge is 0.405 e. The first-order valence-electron chi connectivity index (χ1n) is 27.4. The Kier molecular flexibility index (Phi) is 14.7. The van der Waals surface area contributed by atoms with Crippen LogP contribution < -0.4 is 31.4 Å². The van der Waals surface area contributed by atoms with Crippen LogP contribution >= 0.6 is 0 Å². The molecule has 4 aromatic heterocycles. The maximum absolute atomic E-state index is 14.0. The van der Waals surface area contributed by atoms with Crippen LogP contribution in [-0.2, 0) is 24.9 Å². The van der Waals surface area contributed by atoms with E-state index in [9.17, 15) is 9.50 Å². The number of aliphatic hydroxyl groups excluding tert-OH is 1. The molecule has 2 aliphatic heterocycles. The van der Waals surface area contributed by atoms with Crippen LogP contribution in [0.15, 0.2) is 183 Å². The monoisotopic (exact) mass is 1100 g/mol. The summed E-state index contributed by atoms with van der Waals surface area (Å²) in [4.78, 5) is 28.9. The highest BCUT2D eigenvalue weighted by Crippen LogP contribution is 2.41. The van der Waals surface area contributed by atoms with Crippen molar-refractivity contribution < 1.29 is 27.8 Å². The molecule has 9 aromatic rings. The lowest BCUT2D eigenvalue weighted by molar-refractivity contribution is -0.0398. The van der Waals surface area contributed by atoms with Gasteiger partial charge in [0.05, 0.1) is 38.1 Å². The van der Waals surface area contributed by atoms with Crippen molar-refractivity contribution in [3.63, 3.8) is 0 Å². The molecule has 18 heteroatoms. The summed E-state index contributed by atoms with van der Waals surface area (Å²) in [7, 11) is -4.20. The number of aliphatic hydroxyl groups is 1. The molecule has 2 fully saturated rings. The highest BCUT2D eigenvalue weighted by Gasteiger charge is 2.52. The van der Waals surface area contributed by atoms with Crippen LogP contribution in [0.5, 0.6) is 0 Å². The molecule has 15 nitrogen and oxygen atoms in total. The van der Waals surface area contributed by atoms with E-state index in [0.29, 0.717) is 53.5 Å². The molecule has 12 rings (SSSR count). The minimum atomic E-state index is -3.11. The zero-order valence-corrected chi connectivity index (χ0v) is 47.3. The molecular weight excluding hydrogens is 1040 g/mol. The number of aromatic nitrogens is 8. The number of hydrogen-bond acceptors (Lipinski definition) is 13. The first-order chi connectivity index (χ1) is 38.9. The molecule has 0 saturated carbocycles. The van der Waals surface area contributed by atoms with Gasteiger partial charge in [-0.15, -0.1) is 0 Å². The second kappa shape index (κ2) is 22.2. The quantitative estimate of drug-likeness (QED) is 0.0833. The van der Waals surface area contributed by atoms with Crippen LogP contribution in [0.25, 0.3) is 27.9 Å². The van der Waals surface area contributed by atoms with Gasteiger partial charge in [-0.25, -0.2) is 34.3 Å². The van der Waals surface area contributed by atoms with E-state index in [-0.39, 0.29) is 35.3 Å². The van der Waals surface area contributed by atoms with E-state index in [2.05, 4.69) is 173 Å². The number of imidazole rings is 2. The standard InChI is InChI=1S/C62H65FN10O5Si2/c1-62(2,3)80(50-21-12-7-13-22-50,76-37-53-52(74)34-55(78-53)73-41-70-57-59(66-39-68-61(57)73)71(4)35-42-15-14-16-45(63)33-42)51-30-25-44(26-31-51)43-23-28-49(29-24-43)79(47-17-8-5-9-18-47,48-19-10-6-11-20-48)75-36-46-27-32-54(77-46)72-40-69-56-58(64)65-38-67-60(56)72/h5-26,28,30-31,33,38-41,46,49,52-55,74H,27,29,32,34-37H2,1-4H3,(H2,64,65,67)/t46-,49?,52-,53+,54+,55+,80?/m0/s1. The number of nitrogens with two attached hydrogens (primary N) is 1. The van der Waals surface area contributed by atoms with E-state index in [1.807, 2.05) is 33.2 Å². The van der Waals surface area contributed by atoms with E-state index in [0.717, 1.165) is 46.3 Å². The minimum Gasteiger partial charge on any atom is -0.405 e. The highest BCUT2D eigenvalue weighted by atomic mass is 28.4. The molecule has 0 amide bonds. The maximum Gasteiger partial charge on any atom is 0.262 e. The predicted octanol–water partition coefficient (Wildman–Crippen LogP) is 8.42. The summed E-state index contributed by atoms with van der Waals surface area (Å²) in [6, 6.07) is 47.5. The van der Waals surface area contributed by atoms with Crippen LogP contribution in [0, 0.1) is 5.82 Å². The third kappa shape index (κ3) is 9.99. The van der Waals surface area contributed by atoms with Crippen LogP contribution in [0.4, 0.5) is 16.0 Å². The molecule has 3 aliphatic rings. The number of halogens is 1. The van der Waals surface area contributed by atoms with Crippen molar-refractivity contribution in [1.82, 2.24) is 39.0 Å². The molecule has 0 bridgehead atoms. The topological polar surface area (TPSA) is 174 Å². The number of rotatable bonds is 17. The van der Waals surface area contributed by atoms with Crippen molar-refractivity contribution in [2.45, 2.75) is 94.3 Å². The van der Waals surface area contributed by atoms with Crippen LogP contribution in [-0.4, -0.2) is 99.4 Å². The number of fused-ring (bicyclic) bond motifs is 2. The lowest BCUT2D eigenvalue weighted by Crippen LogP contribution is -2.67. The minimum absolute atomic E-state index is 0.0861. The van der Waals surface area contributed by atoms with Crippen molar-refractivity contribution in [1.29, 1.82) is 0 Å². The smallest absolute Gasteiger partial charge is 0.262 e. The van der Waals surface area contributed by atoms with E-state index in [4.69, 9.17) is 29.0 Å². The Balaban J connectivity index is 0.782. The van der Waals surface area contributed by atoms with Crippen molar-refractivity contribution >= 4 is 76.9 Å². The van der Waals surface area contributed by atoms with E-state index in [1.165, 1.54) is 35.2 Å². The lowest BCUT2D eigenvalue weighted by atomic mass is 9.99. The van der Waals surface area contributed by atoms with Crippen molar-refractivity contribution in [3.05, 3.63) is 200 Å². The van der Waals surface area contributed by atoms with Gasteiger partial charge in [0.2, 0.25) is 0 Å². The van der Waals surface area contributed by atoms with Crippen molar-refractivity contribution in [2.24, 2.45) is 0 Å². The maximum atomic E-state index is 14.0. The average molecular weight is 1110 g/mol. The molecule has 1 aliphatic carbocycles. The van der Waals surface area contributed by atoms with Crippen LogP contribution in [0.2, 0.25) is 10.6 Å². The second-order valence-electron chi connectivity index (χ2n) is 22.1. The van der Waals surface area contributed by atoms with Gasteiger partial charge in [-0.05, 0) is 73.9 Å². The Bertz CT molecular complexity index is 3640. The van der Waals surface area contributed by atoms with Gasteiger partial charge in [-0.2, -0.15) is 0 Å². The first kappa shape index (κ1) is 53.1. The number of nitrogen functional groups attached to an aromatic ring is 1. The summed E-state index contributed by atoms with van der Waals surface area (Å²) in [5.41, 5.74) is 11.7. The van der Waals surface area contributed by atoms with Gasteiger partial charge < -0.3 is 34.1 Å². The predicted molar refractivity (Wildman–Crippen MR) is 314 cm³/mol. The molecule has 80 heavy (non-hydrogen) atoms. The van der Waals surface area contributed by atoms with Crippen molar-refractivity contribution in [2.75, 3.05) is 30.9 Å². The van der Waals surface area contributed by atoms with Gasteiger partial charge in [0.25, 0.3) is 16.6 Å². The Morgan fingerprint density at radius 3 is 2.00 bits per heavy atom. The zero-order valence-electron chi connectivity index (χ0n) is 45.3. The summed E-state index contributed by atoms with van der Waals surface area (Å²) >= 11 is 0. The summed E-state index contributed by atoms with van der Waals surface area (Å²) in [5, 5.41) is 16.1. The van der Waals surface area contributed by atoms with E-state index < -0.39 is 35.1 Å². The molecule has 7 atom stereocenters. The fourth-order valence-corrected chi connectivity index (χ4v) is 21.2. The van der Waals surface area contributed by atoms with Crippen molar-refractivity contribution in [3.8, 4) is 0 Å². The number of benzene rings is 5. The van der Waals surface area contributed by atoms with Gasteiger partial charge >= 0.3 is 0 Å². The lowest BCUT2D eigenvalue weighted by Gasteiger charge is -2.43. The molecule has 408 valence electrons. The molecule has 2 saturated heterocycles. The molecule has 0 radical (unpaired) electrons. The first-order valence-corrected chi connectivity index (χ1v) is 31.3. The SMILES string of the molecule is CN(Cc1cccc(F)c1)c1ncnc2c1ncn2[C@H]1C[C@H](O)[C@@H](CO[Si](c2ccccc2)(c2ccc(C3=CCC([Si](OC[C@@H]4CC[C@H](n5cnc6c(N)ncnc65)O4)(c4ccccc4)c4ccccc4)C=C3)cc2)C(C)(C)C)O1. The average Bonchev–Trinajstić information content (AvgIpc) is 4.41. The van der Waals surface area contributed by atoms with Crippen LogP contribution in [0.3, 0.4) is 0 Å². The Labute approximate surface area is 466 Å². The fourth-order valence-electron chi connectivity index (χ4n) is 12.2. The fraction of sp³-hybridized carbons (Fsp3) is 0.290. The van der Waals surface area contributed by atoms with Crippen LogP contribution in [0.1, 0.15) is 70.0 Å².